The molecule has 1 unspecified atom stereocenters. The van der Waals surface area contributed by atoms with Crippen molar-refractivity contribution in [2.24, 2.45) is 5.41 Å². The molecule has 1 aliphatic carbocycles. The summed E-state index contributed by atoms with van der Waals surface area (Å²) in [4.78, 5) is 17.3. The maximum atomic E-state index is 13.1. The van der Waals surface area contributed by atoms with E-state index in [1.165, 1.54) is 37.0 Å². The van der Waals surface area contributed by atoms with Gasteiger partial charge in [0.25, 0.3) is 5.91 Å². The van der Waals surface area contributed by atoms with Crippen LogP contribution in [-0.4, -0.2) is 38.7 Å². The fourth-order valence-corrected chi connectivity index (χ4v) is 5.73. The Morgan fingerprint density at radius 1 is 1.31 bits per heavy atom. The highest BCUT2D eigenvalue weighted by atomic mass is 32.1. The highest BCUT2D eigenvalue weighted by Crippen LogP contribution is 2.52. The largest absolute Gasteiger partial charge is 0.337 e. The van der Waals surface area contributed by atoms with E-state index in [9.17, 15) is 4.79 Å². The van der Waals surface area contributed by atoms with E-state index in [0.29, 0.717) is 5.92 Å². The monoisotopic (exact) mass is 372 g/mol. The van der Waals surface area contributed by atoms with E-state index >= 15 is 0 Å². The number of carbonyl (C=O) groups is 1. The lowest BCUT2D eigenvalue weighted by molar-refractivity contribution is 0.0763. The zero-order valence-corrected chi connectivity index (χ0v) is 16.6. The molecule has 0 N–H and O–H groups in total. The molecule has 3 heterocycles. The highest BCUT2D eigenvalue weighted by Gasteiger charge is 2.50. The third-order valence-electron chi connectivity index (χ3n) is 6.16. The number of rotatable bonds is 4. The molecular weight excluding hydrogens is 344 g/mol. The summed E-state index contributed by atoms with van der Waals surface area (Å²) in [7, 11) is 0. The van der Waals surface area contributed by atoms with Crippen LogP contribution in [0.1, 0.15) is 71.7 Å². The summed E-state index contributed by atoms with van der Waals surface area (Å²) in [6, 6.07) is 4.02. The van der Waals surface area contributed by atoms with Gasteiger partial charge >= 0.3 is 0 Å². The van der Waals surface area contributed by atoms with Gasteiger partial charge in [-0.2, -0.15) is 0 Å². The Morgan fingerprint density at radius 3 is 2.81 bits per heavy atom. The van der Waals surface area contributed by atoms with Gasteiger partial charge in [-0.3, -0.25) is 4.79 Å². The summed E-state index contributed by atoms with van der Waals surface area (Å²) >= 11 is 1.60. The number of aromatic nitrogens is 3. The van der Waals surface area contributed by atoms with Gasteiger partial charge in [-0.05, 0) is 43.7 Å². The topological polar surface area (TPSA) is 51.0 Å². The van der Waals surface area contributed by atoms with Crippen LogP contribution < -0.4 is 0 Å². The van der Waals surface area contributed by atoms with Crippen molar-refractivity contribution in [1.29, 1.82) is 0 Å². The van der Waals surface area contributed by atoms with Crippen LogP contribution in [0.25, 0.3) is 0 Å². The SMILES string of the molecule is CCCn1cnnc1C1CN(C(=O)c2ccc(C)s2)CC12CCCCC2. The third-order valence-corrected chi connectivity index (χ3v) is 7.15. The Bertz CT molecular complexity index is 774. The van der Waals surface area contributed by atoms with Gasteiger partial charge in [-0.15, -0.1) is 21.5 Å². The lowest BCUT2D eigenvalue weighted by Crippen LogP contribution is -2.34. The molecule has 5 nitrogen and oxygen atoms in total. The Hall–Kier alpha value is -1.69. The minimum Gasteiger partial charge on any atom is -0.337 e. The van der Waals surface area contributed by atoms with Gasteiger partial charge in [-0.25, -0.2) is 0 Å². The van der Waals surface area contributed by atoms with Crippen molar-refractivity contribution in [2.75, 3.05) is 13.1 Å². The number of amides is 1. The second kappa shape index (κ2) is 7.14. The lowest BCUT2D eigenvalue weighted by Gasteiger charge is -2.37. The number of thiophene rings is 1. The summed E-state index contributed by atoms with van der Waals surface area (Å²) in [6.07, 6.45) is 9.17. The number of nitrogens with zero attached hydrogens (tertiary/aromatic N) is 4. The van der Waals surface area contributed by atoms with Gasteiger partial charge in [0.15, 0.2) is 0 Å². The molecule has 0 radical (unpaired) electrons. The van der Waals surface area contributed by atoms with Gasteiger partial charge in [0.2, 0.25) is 0 Å². The minimum atomic E-state index is 0.179. The fraction of sp³-hybridized carbons (Fsp3) is 0.650. The molecule has 26 heavy (non-hydrogen) atoms. The minimum absolute atomic E-state index is 0.179. The third kappa shape index (κ3) is 3.08. The van der Waals surface area contributed by atoms with Crippen LogP contribution in [0.5, 0.6) is 0 Å². The van der Waals surface area contributed by atoms with E-state index in [0.717, 1.165) is 36.8 Å². The number of hydrogen-bond acceptors (Lipinski definition) is 4. The van der Waals surface area contributed by atoms with E-state index in [1.807, 2.05) is 18.5 Å². The van der Waals surface area contributed by atoms with Gasteiger partial charge in [0.1, 0.15) is 12.2 Å². The molecule has 0 aromatic carbocycles. The Labute approximate surface area is 159 Å². The van der Waals surface area contributed by atoms with Crippen LogP contribution in [-0.2, 0) is 6.54 Å². The number of carbonyl (C=O) groups excluding carboxylic acids is 1. The molecule has 2 aromatic heterocycles. The number of aryl methyl sites for hydroxylation is 2. The first-order valence-corrected chi connectivity index (χ1v) is 10.7. The molecule has 6 heteroatoms. The molecule has 4 rings (SSSR count). The maximum absolute atomic E-state index is 13.1. The quantitative estimate of drug-likeness (QED) is 0.806. The van der Waals surface area contributed by atoms with E-state index < -0.39 is 0 Å². The summed E-state index contributed by atoms with van der Waals surface area (Å²) < 4.78 is 2.21. The molecule has 1 saturated heterocycles. The number of likely N-dealkylation sites (tertiary alicyclic amines) is 1. The average molecular weight is 373 g/mol. The van der Waals surface area contributed by atoms with Crippen molar-refractivity contribution >= 4 is 17.2 Å². The molecular formula is C20H28N4OS. The van der Waals surface area contributed by atoms with E-state index in [-0.39, 0.29) is 11.3 Å². The van der Waals surface area contributed by atoms with Gasteiger partial charge in [0.05, 0.1) is 4.88 Å². The summed E-state index contributed by atoms with van der Waals surface area (Å²) in [5.74, 6) is 1.59. The fourth-order valence-electron chi connectivity index (χ4n) is 4.89. The smallest absolute Gasteiger partial charge is 0.263 e. The molecule has 2 fully saturated rings. The van der Waals surface area contributed by atoms with Crippen LogP contribution in [0, 0.1) is 12.3 Å². The van der Waals surface area contributed by atoms with E-state index in [2.05, 4.69) is 33.5 Å². The first-order valence-electron chi connectivity index (χ1n) is 9.86. The summed E-state index contributed by atoms with van der Waals surface area (Å²) in [5, 5.41) is 8.72. The van der Waals surface area contributed by atoms with Crippen molar-refractivity contribution in [2.45, 2.75) is 64.8 Å². The molecule has 2 aromatic rings. The molecule has 1 atom stereocenters. The van der Waals surface area contributed by atoms with Crippen molar-refractivity contribution < 1.29 is 4.79 Å². The van der Waals surface area contributed by atoms with Gasteiger partial charge in [-0.1, -0.05) is 26.2 Å². The van der Waals surface area contributed by atoms with Crippen molar-refractivity contribution in [3.63, 3.8) is 0 Å². The van der Waals surface area contributed by atoms with Crippen molar-refractivity contribution in [3.05, 3.63) is 34.0 Å². The van der Waals surface area contributed by atoms with E-state index in [1.54, 1.807) is 11.3 Å². The Morgan fingerprint density at radius 2 is 2.12 bits per heavy atom. The molecule has 0 bridgehead atoms. The normalized spacial score (nSPS) is 22.2. The molecule has 1 aliphatic heterocycles. The summed E-state index contributed by atoms with van der Waals surface area (Å²) in [5.41, 5.74) is 0.179. The average Bonchev–Trinajstić information content (AvgIpc) is 3.35. The second-order valence-corrected chi connectivity index (χ2v) is 9.24. The second-order valence-electron chi connectivity index (χ2n) is 7.95. The van der Waals surface area contributed by atoms with E-state index in [4.69, 9.17) is 0 Å². The molecule has 1 amide bonds. The maximum Gasteiger partial charge on any atom is 0.263 e. The molecule has 1 saturated carbocycles. The Kier molecular flexibility index (Phi) is 4.86. The highest BCUT2D eigenvalue weighted by molar-refractivity contribution is 7.13. The Balaban J connectivity index is 1.65. The zero-order chi connectivity index (χ0) is 18.1. The van der Waals surface area contributed by atoms with Gasteiger partial charge in [0, 0.05) is 30.4 Å². The first-order chi connectivity index (χ1) is 12.6. The molecule has 1 spiro atoms. The summed E-state index contributed by atoms with van der Waals surface area (Å²) in [6.45, 7) is 6.84. The first kappa shape index (κ1) is 17.7. The standard InChI is InChI=1S/C20H28N4OS/c1-3-11-23-14-21-22-18(23)16-12-24(13-20(16)9-5-4-6-10-20)19(25)17-8-7-15(2)26-17/h7-8,14,16H,3-6,9-13H2,1-2H3. The lowest BCUT2D eigenvalue weighted by atomic mass is 9.67. The van der Waals surface area contributed by atoms with Crippen molar-refractivity contribution in [3.8, 4) is 0 Å². The van der Waals surface area contributed by atoms with Gasteiger partial charge < -0.3 is 9.47 Å². The molecule has 140 valence electrons. The predicted molar refractivity (Wildman–Crippen MR) is 104 cm³/mol. The van der Waals surface area contributed by atoms with Crippen LogP contribution in [0.15, 0.2) is 18.5 Å². The molecule has 2 aliphatic rings. The van der Waals surface area contributed by atoms with Crippen LogP contribution >= 0.6 is 11.3 Å². The van der Waals surface area contributed by atoms with Crippen LogP contribution in [0.3, 0.4) is 0 Å². The van der Waals surface area contributed by atoms with Crippen LogP contribution in [0.2, 0.25) is 0 Å². The number of hydrogen-bond donors (Lipinski definition) is 0. The van der Waals surface area contributed by atoms with Crippen LogP contribution in [0.4, 0.5) is 0 Å². The van der Waals surface area contributed by atoms with Crippen molar-refractivity contribution in [1.82, 2.24) is 19.7 Å². The zero-order valence-electron chi connectivity index (χ0n) is 15.8. The predicted octanol–water partition coefficient (Wildman–Crippen LogP) is 4.25.